The highest BCUT2D eigenvalue weighted by atomic mass is 32.1. The number of hydrogen-bond acceptors (Lipinski definition) is 6. The van der Waals surface area contributed by atoms with Crippen molar-refractivity contribution in [1.29, 1.82) is 0 Å². The fraction of sp³-hybridized carbons (Fsp3) is 0.273. The lowest BCUT2D eigenvalue weighted by atomic mass is 10.0. The number of rotatable bonds is 3. The summed E-state index contributed by atoms with van der Waals surface area (Å²) in [5.41, 5.74) is 0.788. The molecule has 18 heavy (non-hydrogen) atoms. The van der Waals surface area contributed by atoms with Crippen LogP contribution in [0.5, 0.6) is 0 Å². The molecule has 2 aromatic rings. The first-order chi connectivity index (χ1) is 8.74. The van der Waals surface area contributed by atoms with E-state index in [-0.39, 0.29) is 5.92 Å². The maximum Gasteiger partial charge on any atom is 0.310 e. The van der Waals surface area contributed by atoms with E-state index in [4.69, 9.17) is 5.11 Å². The second-order valence-electron chi connectivity index (χ2n) is 4.04. The lowest BCUT2D eigenvalue weighted by molar-refractivity contribution is -0.142. The first-order valence-corrected chi connectivity index (χ1v) is 6.28. The molecule has 0 saturated carbocycles. The molecule has 0 atom stereocenters. The molecule has 0 aliphatic carbocycles. The summed E-state index contributed by atoms with van der Waals surface area (Å²) in [6, 6.07) is 5.62. The number of pyridine rings is 1. The number of carboxylic acid groups (broad SMARTS) is 1. The second kappa shape index (κ2) is 4.34. The summed E-state index contributed by atoms with van der Waals surface area (Å²) in [7, 11) is 0. The van der Waals surface area contributed by atoms with Gasteiger partial charge < -0.3 is 10.0 Å². The predicted octanol–water partition coefficient (Wildman–Crippen LogP) is 1.12. The molecular formula is C11H10N4O2S. The summed E-state index contributed by atoms with van der Waals surface area (Å²) < 4.78 is 0. The third-order valence-electron chi connectivity index (χ3n) is 2.80. The number of nitrogens with zero attached hydrogens (tertiary/aromatic N) is 4. The smallest absolute Gasteiger partial charge is 0.310 e. The topological polar surface area (TPSA) is 79.2 Å². The summed E-state index contributed by atoms with van der Waals surface area (Å²) in [6.45, 7) is 1.01. The standard InChI is InChI=1S/C11H10N4O2S/c16-10(17)7-5-15(6-7)11-14-13-9(18-11)8-3-1-2-4-12-8/h1-4,7H,5-6H2,(H,16,17). The van der Waals surface area contributed by atoms with E-state index in [1.165, 1.54) is 11.3 Å². The molecule has 0 unspecified atom stereocenters. The van der Waals surface area contributed by atoms with E-state index in [9.17, 15) is 4.79 Å². The van der Waals surface area contributed by atoms with Gasteiger partial charge in [0.05, 0.1) is 5.92 Å². The normalized spacial score (nSPS) is 15.4. The number of aliphatic carboxylic acids is 1. The minimum absolute atomic E-state index is 0.285. The predicted molar refractivity (Wildman–Crippen MR) is 66.5 cm³/mol. The Bertz CT molecular complexity index is 565. The number of carbonyl (C=O) groups is 1. The van der Waals surface area contributed by atoms with E-state index in [0.717, 1.165) is 15.8 Å². The Morgan fingerprint density at radius 1 is 1.39 bits per heavy atom. The molecule has 6 nitrogen and oxygen atoms in total. The van der Waals surface area contributed by atoms with Crippen molar-refractivity contribution in [2.24, 2.45) is 5.92 Å². The quantitative estimate of drug-likeness (QED) is 0.893. The molecule has 0 aromatic carbocycles. The fourth-order valence-electron chi connectivity index (χ4n) is 1.73. The van der Waals surface area contributed by atoms with E-state index >= 15 is 0 Å². The Kier molecular flexibility index (Phi) is 2.67. The molecule has 1 N–H and O–H groups in total. The van der Waals surface area contributed by atoms with Gasteiger partial charge in [0.2, 0.25) is 5.13 Å². The second-order valence-corrected chi connectivity index (χ2v) is 5.00. The van der Waals surface area contributed by atoms with E-state index in [0.29, 0.717) is 13.1 Å². The molecule has 0 bridgehead atoms. The van der Waals surface area contributed by atoms with Crippen LogP contribution in [0.4, 0.5) is 5.13 Å². The van der Waals surface area contributed by atoms with Crippen LogP contribution in [0.25, 0.3) is 10.7 Å². The SMILES string of the molecule is O=C(O)C1CN(c2nnc(-c3ccccn3)s2)C1. The zero-order chi connectivity index (χ0) is 12.5. The Labute approximate surface area is 107 Å². The van der Waals surface area contributed by atoms with Gasteiger partial charge in [0.25, 0.3) is 0 Å². The Morgan fingerprint density at radius 2 is 2.22 bits per heavy atom. The maximum absolute atomic E-state index is 10.7. The summed E-state index contributed by atoms with van der Waals surface area (Å²) in [5.74, 6) is -1.03. The Morgan fingerprint density at radius 3 is 2.89 bits per heavy atom. The van der Waals surface area contributed by atoms with Gasteiger partial charge in [-0.1, -0.05) is 17.4 Å². The van der Waals surface area contributed by atoms with Crippen LogP contribution < -0.4 is 4.90 Å². The molecular weight excluding hydrogens is 252 g/mol. The van der Waals surface area contributed by atoms with Crippen molar-refractivity contribution in [2.45, 2.75) is 0 Å². The molecule has 0 radical (unpaired) electrons. The average molecular weight is 262 g/mol. The molecule has 1 aliphatic rings. The van der Waals surface area contributed by atoms with Crippen molar-refractivity contribution in [3.8, 4) is 10.7 Å². The zero-order valence-corrected chi connectivity index (χ0v) is 10.2. The minimum atomic E-state index is -0.749. The van der Waals surface area contributed by atoms with Gasteiger partial charge in [0.15, 0.2) is 5.01 Å². The lowest BCUT2D eigenvalue weighted by Gasteiger charge is -2.35. The highest BCUT2D eigenvalue weighted by molar-refractivity contribution is 7.18. The monoisotopic (exact) mass is 262 g/mol. The van der Waals surface area contributed by atoms with Crippen molar-refractivity contribution >= 4 is 22.4 Å². The molecule has 1 aliphatic heterocycles. The van der Waals surface area contributed by atoms with Crippen LogP contribution in [0.1, 0.15) is 0 Å². The van der Waals surface area contributed by atoms with Crippen LogP contribution in [-0.2, 0) is 4.79 Å². The third kappa shape index (κ3) is 1.92. The third-order valence-corrected chi connectivity index (χ3v) is 3.81. The van der Waals surface area contributed by atoms with Gasteiger partial charge in [-0.2, -0.15) is 0 Å². The first kappa shape index (κ1) is 11.1. The van der Waals surface area contributed by atoms with E-state index in [2.05, 4.69) is 15.2 Å². The average Bonchev–Trinajstić information content (AvgIpc) is 2.77. The molecule has 1 saturated heterocycles. The van der Waals surface area contributed by atoms with Gasteiger partial charge in [0, 0.05) is 19.3 Å². The van der Waals surface area contributed by atoms with Crippen LogP contribution in [0, 0.1) is 5.92 Å². The number of anilines is 1. The highest BCUT2D eigenvalue weighted by Crippen LogP contribution is 2.31. The van der Waals surface area contributed by atoms with Gasteiger partial charge in [0.1, 0.15) is 5.69 Å². The van der Waals surface area contributed by atoms with Gasteiger partial charge in [-0.3, -0.25) is 9.78 Å². The van der Waals surface area contributed by atoms with E-state index in [1.807, 2.05) is 23.1 Å². The van der Waals surface area contributed by atoms with E-state index < -0.39 is 5.97 Å². The van der Waals surface area contributed by atoms with Crippen LogP contribution in [0.15, 0.2) is 24.4 Å². The maximum atomic E-state index is 10.7. The summed E-state index contributed by atoms with van der Waals surface area (Å²) in [4.78, 5) is 16.8. The molecule has 7 heteroatoms. The molecule has 0 spiro atoms. The van der Waals surface area contributed by atoms with Crippen LogP contribution in [-0.4, -0.2) is 39.3 Å². The summed E-state index contributed by atoms with van der Waals surface area (Å²) >= 11 is 1.43. The van der Waals surface area contributed by atoms with Crippen molar-refractivity contribution in [2.75, 3.05) is 18.0 Å². The Hall–Kier alpha value is -2.02. The molecule has 3 rings (SSSR count). The number of hydrogen-bond donors (Lipinski definition) is 1. The van der Waals surface area contributed by atoms with Crippen LogP contribution in [0.2, 0.25) is 0 Å². The van der Waals surface area contributed by atoms with Gasteiger partial charge in [-0.15, -0.1) is 10.2 Å². The zero-order valence-electron chi connectivity index (χ0n) is 9.35. The number of aromatic nitrogens is 3. The van der Waals surface area contributed by atoms with Crippen molar-refractivity contribution in [1.82, 2.24) is 15.2 Å². The molecule has 0 amide bonds. The van der Waals surface area contributed by atoms with Gasteiger partial charge >= 0.3 is 5.97 Å². The first-order valence-electron chi connectivity index (χ1n) is 5.46. The molecule has 92 valence electrons. The highest BCUT2D eigenvalue weighted by Gasteiger charge is 2.34. The lowest BCUT2D eigenvalue weighted by Crippen LogP contribution is -2.50. The molecule has 3 heterocycles. The van der Waals surface area contributed by atoms with Crippen LogP contribution in [0.3, 0.4) is 0 Å². The molecule has 2 aromatic heterocycles. The molecule has 1 fully saturated rings. The van der Waals surface area contributed by atoms with Gasteiger partial charge in [-0.05, 0) is 12.1 Å². The minimum Gasteiger partial charge on any atom is -0.481 e. The Balaban J connectivity index is 1.74. The van der Waals surface area contributed by atoms with Gasteiger partial charge in [-0.25, -0.2) is 0 Å². The van der Waals surface area contributed by atoms with Crippen molar-refractivity contribution in [3.63, 3.8) is 0 Å². The largest absolute Gasteiger partial charge is 0.481 e. The van der Waals surface area contributed by atoms with E-state index in [1.54, 1.807) is 6.20 Å². The van der Waals surface area contributed by atoms with Crippen molar-refractivity contribution in [3.05, 3.63) is 24.4 Å². The van der Waals surface area contributed by atoms with Crippen molar-refractivity contribution < 1.29 is 9.90 Å². The summed E-state index contributed by atoms with van der Waals surface area (Å²) in [5, 5.41) is 18.5. The number of carboxylic acids is 1. The summed E-state index contributed by atoms with van der Waals surface area (Å²) in [6.07, 6.45) is 1.71. The van der Waals surface area contributed by atoms with Crippen LogP contribution >= 0.6 is 11.3 Å². The fourth-order valence-corrected chi connectivity index (χ4v) is 2.57.